The summed E-state index contributed by atoms with van der Waals surface area (Å²) in [5.74, 6) is 0.389. The molecular weight excluding hydrogens is 277 g/mol. The number of anilines is 1. The third-order valence-corrected chi connectivity index (χ3v) is 4.27. The molecule has 0 aliphatic heterocycles. The number of hydrogen-bond donors (Lipinski definition) is 1. The zero-order valence-electron chi connectivity index (χ0n) is 12.8. The van der Waals surface area contributed by atoms with E-state index >= 15 is 0 Å². The van der Waals surface area contributed by atoms with E-state index in [0.29, 0.717) is 5.92 Å². The molecule has 2 atom stereocenters. The number of rotatable bonds is 4. The first-order valence-electron chi connectivity index (χ1n) is 7.71. The fourth-order valence-electron chi connectivity index (χ4n) is 2.90. The topological polar surface area (TPSA) is 29.1 Å². The van der Waals surface area contributed by atoms with Crippen LogP contribution in [-0.4, -0.2) is 5.91 Å². The van der Waals surface area contributed by atoms with Gasteiger partial charge >= 0.3 is 0 Å². The molecule has 1 saturated carbocycles. The van der Waals surface area contributed by atoms with E-state index in [4.69, 9.17) is 0 Å². The third-order valence-electron chi connectivity index (χ3n) is 4.27. The van der Waals surface area contributed by atoms with Gasteiger partial charge in [-0.2, -0.15) is 0 Å². The average Bonchev–Trinajstić information content (AvgIpc) is 3.29. The van der Waals surface area contributed by atoms with Crippen LogP contribution in [0.3, 0.4) is 0 Å². The molecule has 114 valence electrons. The van der Waals surface area contributed by atoms with Crippen LogP contribution in [0.5, 0.6) is 0 Å². The highest BCUT2D eigenvalue weighted by Crippen LogP contribution is 2.48. The van der Waals surface area contributed by atoms with Crippen LogP contribution in [0.1, 0.15) is 43.2 Å². The van der Waals surface area contributed by atoms with Crippen LogP contribution in [0.2, 0.25) is 0 Å². The lowest BCUT2D eigenvalue weighted by atomic mass is 10.0. The van der Waals surface area contributed by atoms with Gasteiger partial charge in [0.05, 0.1) is 0 Å². The molecule has 1 fully saturated rings. The Morgan fingerprint density at radius 2 is 1.82 bits per heavy atom. The van der Waals surface area contributed by atoms with Crippen molar-refractivity contribution in [1.29, 1.82) is 0 Å². The van der Waals surface area contributed by atoms with Crippen molar-refractivity contribution in [3.8, 4) is 0 Å². The van der Waals surface area contributed by atoms with Crippen LogP contribution in [0.15, 0.2) is 48.5 Å². The van der Waals surface area contributed by atoms with Crippen LogP contribution in [0, 0.1) is 11.7 Å². The van der Waals surface area contributed by atoms with E-state index in [-0.39, 0.29) is 23.6 Å². The molecule has 3 rings (SSSR count). The molecule has 1 aliphatic carbocycles. The Kier molecular flexibility index (Phi) is 3.97. The Hall–Kier alpha value is -2.16. The molecule has 3 heteroatoms. The second-order valence-electron chi connectivity index (χ2n) is 6.23. The average molecular weight is 297 g/mol. The lowest BCUT2D eigenvalue weighted by Gasteiger charge is -2.13. The summed E-state index contributed by atoms with van der Waals surface area (Å²) in [6.07, 6.45) is 0.835. The molecule has 0 spiro atoms. The first-order valence-corrected chi connectivity index (χ1v) is 7.71. The lowest BCUT2D eigenvalue weighted by molar-refractivity contribution is -0.117. The number of amides is 1. The minimum atomic E-state index is -0.240. The van der Waals surface area contributed by atoms with Crippen LogP contribution in [0.25, 0.3) is 0 Å². The second kappa shape index (κ2) is 5.91. The van der Waals surface area contributed by atoms with E-state index in [1.54, 1.807) is 12.1 Å². The molecule has 2 aromatic rings. The van der Waals surface area contributed by atoms with Gasteiger partial charge < -0.3 is 5.32 Å². The van der Waals surface area contributed by atoms with Crippen molar-refractivity contribution < 1.29 is 9.18 Å². The molecule has 1 aliphatic rings. The Morgan fingerprint density at radius 1 is 1.14 bits per heavy atom. The summed E-state index contributed by atoms with van der Waals surface area (Å²) in [4.78, 5) is 12.4. The van der Waals surface area contributed by atoms with Crippen LogP contribution < -0.4 is 5.32 Å². The summed E-state index contributed by atoms with van der Waals surface area (Å²) >= 11 is 0. The van der Waals surface area contributed by atoms with E-state index in [1.807, 2.05) is 24.3 Å². The summed E-state index contributed by atoms with van der Waals surface area (Å²) in [5.41, 5.74) is 3.08. The maximum atomic E-state index is 13.0. The molecular formula is C19H20FNO. The van der Waals surface area contributed by atoms with Gasteiger partial charge in [0.15, 0.2) is 0 Å². The van der Waals surface area contributed by atoms with Crippen molar-refractivity contribution in [3.05, 3.63) is 65.5 Å². The molecule has 22 heavy (non-hydrogen) atoms. The van der Waals surface area contributed by atoms with E-state index in [2.05, 4.69) is 19.2 Å². The standard InChI is InChI=1S/C19H20FNO/c1-12(2)15-5-3-4-6-18(15)21-19(22)17-11-16(17)13-7-9-14(20)10-8-13/h3-10,12,16-17H,11H2,1-2H3,(H,21,22). The first kappa shape index (κ1) is 14.8. The highest BCUT2D eigenvalue weighted by atomic mass is 19.1. The predicted molar refractivity (Wildman–Crippen MR) is 86.4 cm³/mol. The Bertz CT molecular complexity index is 678. The van der Waals surface area contributed by atoms with Crippen LogP contribution >= 0.6 is 0 Å². The smallest absolute Gasteiger partial charge is 0.228 e. The van der Waals surface area contributed by atoms with E-state index in [9.17, 15) is 9.18 Å². The number of halogens is 1. The van der Waals surface area contributed by atoms with E-state index < -0.39 is 0 Å². The first-order chi connectivity index (χ1) is 10.6. The summed E-state index contributed by atoms with van der Waals surface area (Å²) in [5, 5.41) is 3.05. The SMILES string of the molecule is CC(C)c1ccccc1NC(=O)C1CC1c1ccc(F)cc1. The number of carbonyl (C=O) groups is 1. The number of hydrogen-bond acceptors (Lipinski definition) is 1. The predicted octanol–water partition coefficient (Wildman–Crippen LogP) is 4.69. The van der Waals surface area contributed by atoms with E-state index in [0.717, 1.165) is 23.2 Å². The van der Waals surface area contributed by atoms with Crippen molar-refractivity contribution in [2.75, 3.05) is 5.32 Å². The minimum Gasteiger partial charge on any atom is -0.326 e. The van der Waals surface area contributed by atoms with Gasteiger partial charge in [0, 0.05) is 11.6 Å². The van der Waals surface area contributed by atoms with Crippen LogP contribution in [-0.2, 0) is 4.79 Å². The van der Waals surface area contributed by atoms with Gasteiger partial charge in [-0.1, -0.05) is 44.2 Å². The number of carbonyl (C=O) groups excluding carboxylic acids is 1. The van der Waals surface area contributed by atoms with Gasteiger partial charge in [0.2, 0.25) is 5.91 Å². The summed E-state index contributed by atoms with van der Waals surface area (Å²) in [6, 6.07) is 14.4. The fraction of sp³-hybridized carbons (Fsp3) is 0.316. The second-order valence-corrected chi connectivity index (χ2v) is 6.23. The molecule has 2 unspecified atom stereocenters. The highest BCUT2D eigenvalue weighted by molar-refractivity contribution is 5.95. The zero-order valence-corrected chi connectivity index (χ0v) is 12.8. The van der Waals surface area contributed by atoms with Crippen molar-refractivity contribution in [2.24, 2.45) is 5.92 Å². The van der Waals surface area contributed by atoms with E-state index in [1.165, 1.54) is 12.1 Å². The van der Waals surface area contributed by atoms with Gasteiger partial charge in [0.25, 0.3) is 0 Å². The number of nitrogens with one attached hydrogen (secondary N) is 1. The Balaban J connectivity index is 1.68. The molecule has 0 heterocycles. The monoisotopic (exact) mass is 297 g/mol. The molecule has 1 N–H and O–H groups in total. The van der Waals surface area contributed by atoms with Gasteiger partial charge in [-0.25, -0.2) is 4.39 Å². The summed E-state index contributed by atoms with van der Waals surface area (Å²) in [7, 11) is 0. The maximum absolute atomic E-state index is 13.0. The largest absolute Gasteiger partial charge is 0.326 e. The molecule has 0 radical (unpaired) electrons. The lowest BCUT2D eigenvalue weighted by Crippen LogP contribution is -2.16. The van der Waals surface area contributed by atoms with Gasteiger partial charge in [0.1, 0.15) is 5.82 Å². The molecule has 2 aromatic carbocycles. The quantitative estimate of drug-likeness (QED) is 0.871. The van der Waals surface area contributed by atoms with Crippen molar-refractivity contribution in [3.63, 3.8) is 0 Å². The van der Waals surface area contributed by atoms with Crippen molar-refractivity contribution >= 4 is 11.6 Å². The fourth-order valence-corrected chi connectivity index (χ4v) is 2.90. The van der Waals surface area contributed by atoms with Gasteiger partial charge in [-0.05, 0) is 47.6 Å². The van der Waals surface area contributed by atoms with Crippen molar-refractivity contribution in [2.45, 2.75) is 32.1 Å². The van der Waals surface area contributed by atoms with Gasteiger partial charge in [-0.3, -0.25) is 4.79 Å². The normalized spacial score (nSPS) is 20.0. The highest BCUT2D eigenvalue weighted by Gasteiger charge is 2.44. The third kappa shape index (κ3) is 3.03. The Morgan fingerprint density at radius 3 is 2.50 bits per heavy atom. The Labute approximate surface area is 130 Å². The molecule has 2 nitrogen and oxygen atoms in total. The summed E-state index contributed by atoms with van der Waals surface area (Å²) < 4.78 is 13.0. The van der Waals surface area contributed by atoms with Crippen LogP contribution in [0.4, 0.5) is 10.1 Å². The van der Waals surface area contributed by atoms with Gasteiger partial charge in [-0.15, -0.1) is 0 Å². The van der Waals surface area contributed by atoms with Crippen molar-refractivity contribution in [1.82, 2.24) is 0 Å². The minimum absolute atomic E-state index is 0.00863. The number of benzene rings is 2. The molecule has 0 aromatic heterocycles. The maximum Gasteiger partial charge on any atom is 0.228 e. The molecule has 0 saturated heterocycles. The number of para-hydroxylation sites is 1. The summed E-state index contributed by atoms with van der Waals surface area (Å²) in [6.45, 7) is 4.23. The molecule has 0 bridgehead atoms. The zero-order chi connectivity index (χ0) is 15.7. The molecule has 1 amide bonds.